The Labute approximate surface area is 121 Å². The van der Waals surface area contributed by atoms with E-state index in [-0.39, 0.29) is 0 Å². The zero-order chi connectivity index (χ0) is 13.9. The van der Waals surface area contributed by atoms with Crippen molar-refractivity contribution in [3.63, 3.8) is 0 Å². The van der Waals surface area contributed by atoms with Gasteiger partial charge in [0, 0.05) is 17.2 Å². The highest BCUT2D eigenvalue weighted by Crippen LogP contribution is 2.60. The van der Waals surface area contributed by atoms with Crippen LogP contribution in [0.2, 0.25) is 0 Å². The molecule has 4 fully saturated rings. The summed E-state index contributed by atoms with van der Waals surface area (Å²) < 4.78 is 0. The van der Waals surface area contributed by atoms with Crippen LogP contribution in [0.15, 0.2) is 0 Å². The predicted molar refractivity (Wildman–Crippen MR) is 81.3 cm³/mol. The van der Waals surface area contributed by atoms with Gasteiger partial charge in [0.2, 0.25) is 0 Å². The molecular formula is C17H27N3. The highest BCUT2D eigenvalue weighted by atomic mass is 15.2. The zero-order valence-electron chi connectivity index (χ0n) is 12.7. The lowest BCUT2D eigenvalue weighted by molar-refractivity contribution is -0.00447. The molecule has 0 unspecified atom stereocenters. The van der Waals surface area contributed by atoms with E-state index in [1.807, 2.05) is 0 Å². The third kappa shape index (κ3) is 1.89. The lowest BCUT2D eigenvalue weighted by Crippen LogP contribution is -2.44. The Morgan fingerprint density at radius 1 is 1.10 bits per heavy atom. The number of rotatable bonds is 3. The molecule has 4 aliphatic carbocycles. The van der Waals surface area contributed by atoms with Crippen molar-refractivity contribution in [2.24, 2.45) is 29.6 Å². The summed E-state index contributed by atoms with van der Waals surface area (Å²) in [6.45, 7) is 4.54. The lowest BCUT2D eigenvalue weighted by Gasteiger charge is -2.54. The molecule has 20 heavy (non-hydrogen) atoms. The van der Waals surface area contributed by atoms with Crippen molar-refractivity contribution in [3.05, 3.63) is 11.3 Å². The van der Waals surface area contributed by atoms with Crippen LogP contribution >= 0.6 is 0 Å². The molecule has 4 aliphatic rings. The van der Waals surface area contributed by atoms with Gasteiger partial charge in [0.25, 0.3) is 0 Å². The molecular weight excluding hydrogens is 246 g/mol. The fourth-order valence-electron chi connectivity index (χ4n) is 5.69. The van der Waals surface area contributed by atoms with E-state index in [4.69, 9.17) is 5.73 Å². The fourth-order valence-corrected chi connectivity index (χ4v) is 5.69. The van der Waals surface area contributed by atoms with Crippen molar-refractivity contribution < 1.29 is 0 Å². The highest BCUT2D eigenvalue weighted by Gasteiger charge is 2.49. The van der Waals surface area contributed by atoms with Gasteiger partial charge in [-0.1, -0.05) is 13.8 Å². The molecule has 0 spiro atoms. The van der Waals surface area contributed by atoms with Gasteiger partial charge >= 0.3 is 0 Å². The number of aromatic amines is 1. The Kier molecular flexibility index (Phi) is 2.87. The third-order valence-corrected chi connectivity index (χ3v) is 6.10. The summed E-state index contributed by atoms with van der Waals surface area (Å²) in [7, 11) is 0. The van der Waals surface area contributed by atoms with Gasteiger partial charge in [0.1, 0.15) is 5.82 Å². The first kappa shape index (κ1) is 12.7. The average Bonchev–Trinajstić information content (AvgIpc) is 2.70. The first-order chi connectivity index (χ1) is 9.61. The predicted octanol–water partition coefficient (Wildman–Crippen LogP) is 3.73. The molecule has 0 aliphatic heterocycles. The van der Waals surface area contributed by atoms with Crippen LogP contribution < -0.4 is 5.73 Å². The molecule has 1 aromatic heterocycles. The van der Waals surface area contributed by atoms with Gasteiger partial charge in [-0.05, 0) is 68.1 Å². The topological polar surface area (TPSA) is 54.7 Å². The van der Waals surface area contributed by atoms with E-state index in [9.17, 15) is 0 Å². The van der Waals surface area contributed by atoms with E-state index in [1.165, 1.54) is 43.4 Å². The second-order valence-electron chi connectivity index (χ2n) is 8.06. The monoisotopic (exact) mass is 273 g/mol. The number of nitrogens with one attached hydrogen (secondary N) is 1. The van der Waals surface area contributed by atoms with Gasteiger partial charge in [-0.2, -0.15) is 5.10 Å². The second kappa shape index (κ2) is 4.51. The van der Waals surface area contributed by atoms with E-state index < -0.39 is 0 Å². The van der Waals surface area contributed by atoms with E-state index in [0.29, 0.717) is 5.92 Å². The number of nitrogens with two attached hydrogens (primary N) is 1. The Morgan fingerprint density at radius 3 is 2.25 bits per heavy atom. The summed E-state index contributed by atoms with van der Waals surface area (Å²) in [6.07, 6.45) is 8.41. The molecule has 0 saturated heterocycles. The lowest BCUT2D eigenvalue weighted by atomic mass is 9.51. The smallest absolute Gasteiger partial charge is 0.148 e. The molecule has 1 heterocycles. The molecule has 4 saturated carbocycles. The van der Waals surface area contributed by atoms with Crippen LogP contribution in [-0.2, 0) is 6.42 Å². The van der Waals surface area contributed by atoms with Gasteiger partial charge in [0.15, 0.2) is 0 Å². The molecule has 3 nitrogen and oxygen atoms in total. The minimum atomic E-state index is 0.644. The number of aromatic nitrogens is 2. The summed E-state index contributed by atoms with van der Waals surface area (Å²) in [5.74, 6) is 5.98. The van der Waals surface area contributed by atoms with Crippen molar-refractivity contribution in [1.29, 1.82) is 0 Å². The molecule has 3 N–H and O–H groups in total. The largest absolute Gasteiger partial charge is 0.382 e. The summed E-state index contributed by atoms with van der Waals surface area (Å²) in [5.41, 5.74) is 8.88. The first-order valence-electron chi connectivity index (χ1n) is 8.44. The first-order valence-corrected chi connectivity index (χ1v) is 8.44. The van der Waals surface area contributed by atoms with Gasteiger partial charge in [-0.15, -0.1) is 0 Å². The Morgan fingerprint density at radius 2 is 1.70 bits per heavy atom. The maximum atomic E-state index is 6.14. The molecule has 110 valence electrons. The molecule has 0 atom stereocenters. The van der Waals surface area contributed by atoms with Crippen LogP contribution in [0, 0.1) is 29.6 Å². The molecule has 0 amide bonds. The number of hydrogen-bond acceptors (Lipinski definition) is 2. The normalized spacial score (nSPS) is 38.9. The standard InChI is InChI=1S/C17H27N3/c1-9(2)3-14-16(19-20-17(14)18)15-12-5-10-4-11(7-12)8-13(15)6-10/h9-13,15H,3-8H2,1-2H3,(H3,18,19,20). The van der Waals surface area contributed by atoms with E-state index >= 15 is 0 Å². The Bertz CT molecular complexity index is 474. The molecule has 4 bridgehead atoms. The van der Waals surface area contributed by atoms with Gasteiger partial charge in [-0.3, -0.25) is 5.10 Å². The molecule has 3 heteroatoms. The van der Waals surface area contributed by atoms with E-state index in [2.05, 4.69) is 24.0 Å². The average molecular weight is 273 g/mol. The maximum Gasteiger partial charge on any atom is 0.148 e. The minimum absolute atomic E-state index is 0.644. The van der Waals surface area contributed by atoms with Gasteiger partial charge in [-0.25, -0.2) is 0 Å². The number of anilines is 1. The number of H-pyrrole nitrogens is 1. The number of hydrogen-bond donors (Lipinski definition) is 2. The van der Waals surface area contributed by atoms with Crippen LogP contribution in [0.5, 0.6) is 0 Å². The molecule has 1 aromatic rings. The Hall–Kier alpha value is -0.990. The van der Waals surface area contributed by atoms with Crippen molar-refractivity contribution >= 4 is 5.82 Å². The van der Waals surface area contributed by atoms with Crippen LogP contribution in [0.4, 0.5) is 5.82 Å². The van der Waals surface area contributed by atoms with Gasteiger partial charge < -0.3 is 5.73 Å². The summed E-state index contributed by atoms with van der Waals surface area (Å²) >= 11 is 0. The Balaban J connectivity index is 1.67. The van der Waals surface area contributed by atoms with Crippen LogP contribution in [0.25, 0.3) is 0 Å². The summed E-state index contributed by atoms with van der Waals surface area (Å²) in [4.78, 5) is 0. The maximum absolute atomic E-state index is 6.14. The van der Waals surface area contributed by atoms with E-state index in [0.717, 1.165) is 41.8 Å². The van der Waals surface area contributed by atoms with Crippen molar-refractivity contribution in [2.75, 3.05) is 5.73 Å². The molecule has 5 rings (SSSR count). The number of nitrogens with zero attached hydrogens (tertiary/aromatic N) is 1. The minimum Gasteiger partial charge on any atom is -0.382 e. The zero-order valence-corrected chi connectivity index (χ0v) is 12.7. The summed E-state index contributed by atoms with van der Waals surface area (Å²) in [5, 5.41) is 7.69. The highest BCUT2D eigenvalue weighted by molar-refractivity contribution is 5.44. The van der Waals surface area contributed by atoms with Crippen LogP contribution in [0.3, 0.4) is 0 Å². The third-order valence-electron chi connectivity index (χ3n) is 6.10. The van der Waals surface area contributed by atoms with Crippen molar-refractivity contribution in [3.8, 4) is 0 Å². The molecule has 0 radical (unpaired) electrons. The van der Waals surface area contributed by atoms with Gasteiger partial charge in [0.05, 0.1) is 0 Å². The second-order valence-corrected chi connectivity index (χ2v) is 8.06. The van der Waals surface area contributed by atoms with E-state index in [1.54, 1.807) is 0 Å². The molecule has 0 aromatic carbocycles. The van der Waals surface area contributed by atoms with Crippen molar-refractivity contribution in [1.82, 2.24) is 10.2 Å². The van der Waals surface area contributed by atoms with Crippen molar-refractivity contribution in [2.45, 2.75) is 58.3 Å². The SMILES string of the molecule is CC(C)Cc1c(N)n[nH]c1C1C2CC3CC(C2)CC1C3. The van der Waals surface area contributed by atoms with Crippen LogP contribution in [-0.4, -0.2) is 10.2 Å². The van der Waals surface area contributed by atoms with Crippen LogP contribution in [0.1, 0.15) is 63.1 Å². The summed E-state index contributed by atoms with van der Waals surface area (Å²) in [6, 6.07) is 0. The fraction of sp³-hybridized carbons (Fsp3) is 0.824. The quantitative estimate of drug-likeness (QED) is 0.881. The number of nitrogen functional groups attached to an aromatic ring is 1.